The number of aromatic nitrogens is 2. The van der Waals surface area contributed by atoms with Crippen LogP contribution in [0.4, 0.5) is 0 Å². The number of hydrogen-bond donors (Lipinski definition) is 2. The topological polar surface area (TPSA) is 103 Å². The molecule has 0 spiro atoms. The highest BCUT2D eigenvalue weighted by atomic mass is 16.5. The number of aromatic amines is 1. The number of H-pyrrole nitrogens is 1. The van der Waals surface area contributed by atoms with Crippen LogP contribution in [0.5, 0.6) is 11.5 Å². The van der Waals surface area contributed by atoms with E-state index >= 15 is 0 Å². The highest BCUT2D eigenvalue weighted by Gasteiger charge is 2.10. The van der Waals surface area contributed by atoms with Gasteiger partial charge in [-0.2, -0.15) is 5.10 Å². The van der Waals surface area contributed by atoms with Crippen molar-refractivity contribution < 1.29 is 9.47 Å². The molecule has 7 heteroatoms. The van der Waals surface area contributed by atoms with E-state index in [1.54, 1.807) is 19.4 Å². The van der Waals surface area contributed by atoms with E-state index in [1.165, 1.54) is 0 Å². The first kappa shape index (κ1) is 18.6. The largest absolute Gasteiger partial charge is 0.497 e. The average Bonchev–Trinajstić information content (AvgIpc) is 2.99. The summed E-state index contributed by atoms with van der Waals surface area (Å²) in [5.41, 5.74) is 8.06. The number of aliphatic imine (C=N–C) groups is 1. The molecule has 2 heterocycles. The molecule has 0 bridgehead atoms. The summed E-state index contributed by atoms with van der Waals surface area (Å²) in [6.07, 6.45) is 5.61. The van der Waals surface area contributed by atoms with Crippen LogP contribution in [0.3, 0.4) is 0 Å². The summed E-state index contributed by atoms with van der Waals surface area (Å²) < 4.78 is 11.2. The van der Waals surface area contributed by atoms with Gasteiger partial charge in [0.05, 0.1) is 30.9 Å². The standard InChI is InChI=1S/C22H20N4O3/c1-28-16-3-2-4-17(11-16)29-18-9-15(7-8-24-13-18)14-5-6-19-20(10-14)21(12-23)25-26-22(19)27/h2-7,9-11,13H,8,12,23H2,1H3,(H,26,27). The van der Waals surface area contributed by atoms with E-state index in [0.29, 0.717) is 34.9 Å². The fraction of sp³-hybridized carbons (Fsp3) is 0.136. The van der Waals surface area contributed by atoms with Crippen molar-refractivity contribution in [2.24, 2.45) is 10.7 Å². The minimum Gasteiger partial charge on any atom is -0.497 e. The first-order valence-electron chi connectivity index (χ1n) is 9.13. The van der Waals surface area contributed by atoms with Gasteiger partial charge < -0.3 is 15.2 Å². The second kappa shape index (κ2) is 8.12. The molecular formula is C22H20N4O3. The van der Waals surface area contributed by atoms with Crippen LogP contribution in [0.1, 0.15) is 11.3 Å². The van der Waals surface area contributed by atoms with E-state index in [9.17, 15) is 4.79 Å². The number of nitrogens with zero attached hydrogens (tertiary/aromatic N) is 2. The molecule has 146 valence electrons. The Morgan fingerprint density at radius 2 is 2.00 bits per heavy atom. The third-order valence-corrected chi connectivity index (χ3v) is 4.60. The molecule has 0 saturated carbocycles. The third-order valence-electron chi connectivity index (χ3n) is 4.60. The Bertz CT molecular complexity index is 1210. The normalized spacial score (nSPS) is 13.6. The zero-order valence-electron chi connectivity index (χ0n) is 15.9. The molecule has 1 aliphatic heterocycles. The summed E-state index contributed by atoms with van der Waals surface area (Å²) in [7, 11) is 1.61. The molecule has 2 aromatic carbocycles. The van der Waals surface area contributed by atoms with E-state index in [2.05, 4.69) is 15.2 Å². The lowest BCUT2D eigenvalue weighted by Crippen LogP contribution is -2.13. The minimum absolute atomic E-state index is 0.235. The lowest BCUT2D eigenvalue weighted by atomic mass is 10.0. The molecule has 1 aliphatic rings. The first-order valence-corrected chi connectivity index (χ1v) is 9.13. The molecule has 0 unspecified atom stereocenters. The van der Waals surface area contributed by atoms with Crippen LogP contribution in [0, 0.1) is 0 Å². The van der Waals surface area contributed by atoms with Crippen LogP contribution in [-0.2, 0) is 6.54 Å². The quantitative estimate of drug-likeness (QED) is 0.700. The SMILES string of the molecule is COc1cccc(OC2=CC(c3ccc4c(=O)[nH]nc(CN)c4c3)=CCN=C2)c1. The molecule has 3 N–H and O–H groups in total. The van der Waals surface area contributed by atoms with Crippen molar-refractivity contribution in [1.82, 2.24) is 10.2 Å². The van der Waals surface area contributed by atoms with Crippen LogP contribution < -0.4 is 20.8 Å². The summed E-state index contributed by atoms with van der Waals surface area (Å²) in [6.45, 7) is 0.755. The van der Waals surface area contributed by atoms with Gasteiger partial charge in [-0.3, -0.25) is 9.79 Å². The Morgan fingerprint density at radius 3 is 2.83 bits per heavy atom. The van der Waals surface area contributed by atoms with Gasteiger partial charge in [0.2, 0.25) is 0 Å². The van der Waals surface area contributed by atoms with Crippen LogP contribution in [0.15, 0.2) is 70.2 Å². The number of ether oxygens (including phenoxy) is 2. The van der Waals surface area contributed by atoms with Gasteiger partial charge in [-0.1, -0.05) is 18.2 Å². The Morgan fingerprint density at radius 1 is 1.14 bits per heavy atom. The second-order valence-electron chi connectivity index (χ2n) is 6.45. The number of fused-ring (bicyclic) bond motifs is 1. The van der Waals surface area contributed by atoms with Gasteiger partial charge in [0.15, 0.2) is 0 Å². The molecular weight excluding hydrogens is 368 g/mol. The summed E-state index contributed by atoms with van der Waals surface area (Å²) >= 11 is 0. The van der Waals surface area contributed by atoms with Gasteiger partial charge in [-0.25, -0.2) is 5.10 Å². The zero-order chi connectivity index (χ0) is 20.2. The van der Waals surface area contributed by atoms with E-state index in [4.69, 9.17) is 15.2 Å². The van der Waals surface area contributed by atoms with E-state index < -0.39 is 0 Å². The smallest absolute Gasteiger partial charge is 0.272 e. The molecule has 0 radical (unpaired) electrons. The molecule has 29 heavy (non-hydrogen) atoms. The maximum Gasteiger partial charge on any atom is 0.272 e. The zero-order valence-corrected chi connectivity index (χ0v) is 15.9. The number of methoxy groups -OCH3 is 1. The maximum atomic E-state index is 12.1. The maximum absolute atomic E-state index is 12.1. The number of rotatable bonds is 5. The van der Waals surface area contributed by atoms with Crippen molar-refractivity contribution in [3.8, 4) is 11.5 Å². The van der Waals surface area contributed by atoms with Gasteiger partial charge in [0, 0.05) is 18.0 Å². The van der Waals surface area contributed by atoms with Crippen molar-refractivity contribution in [3.05, 3.63) is 82.0 Å². The van der Waals surface area contributed by atoms with Gasteiger partial charge in [-0.15, -0.1) is 0 Å². The third kappa shape index (κ3) is 3.95. The van der Waals surface area contributed by atoms with Crippen molar-refractivity contribution in [2.75, 3.05) is 13.7 Å². The second-order valence-corrected chi connectivity index (χ2v) is 6.45. The number of allylic oxidation sites excluding steroid dienone is 3. The molecule has 4 rings (SSSR count). The first-order chi connectivity index (χ1) is 14.2. The van der Waals surface area contributed by atoms with Crippen LogP contribution in [-0.4, -0.2) is 30.1 Å². The van der Waals surface area contributed by atoms with E-state index in [1.807, 2.05) is 48.6 Å². The van der Waals surface area contributed by atoms with Crippen LogP contribution in [0.2, 0.25) is 0 Å². The Labute approximate surface area is 167 Å². The van der Waals surface area contributed by atoms with Gasteiger partial charge in [0.1, 0.15) is 17.3 Å². The van der Waals surface area contributed by atoms with Gasteiger partial charge in [-0.05, 0) is 41.5 Å². The Hall–Kier alpha value is -3.71. The Kier molecular flexibility index (Phi) is 5.22. The average molecular weight is 388 g/mol. The molecule has 7 nitrogen and oxygen atoms in total. The Balaban J connectivity index is 1.71. The van der Waals surface area contributed by atoms with Crippen molar-refractivity contribution in [3.63, 3.8) is 0 Å². The fourth-order valence-electron chi connectivity index (χ4n) is 3.16. The highest BCUT2D eigenvalue weighted by molar-refractivity contribution is 5.91. The van der Waals surface area contributed by atoms with Crippen molar-refractivity contribution >= 4 is 22.6 Å². The van der Waals surface area contributed by atoms with E-state index in [0.717, 1.165) is 16.5 Å². The van der Waals surface area contributed by atoms with Crippen LogP contribution >= 0.6 is 0 Å². The minimum atomic E-state index is -0.237. The summed E-state index contributed by atoms with van der Waals surface area (Å²) in [5.74, 6) is 1.97. The molecule has 1 aromatic heterocycles. The fourth-order valence-corrected chi connectivity index (χ4v) is 3.16. The number of nitrogens with two attached hydrogens (primary N) is 1. The summed E-state index contributed by atoms with van der Waals surface area (Å²) in [6, 6.07) is 13.0. The monoisotopic (exact) mass is 388 g/mol. The number of hydrogen-bond acceptors (Lipinski definition) is 6. The lowest BCUT2D eigenvalue weighted by molar-refractivity contribution is 0.406. The van der Waals surface area contributed by atoms with Crippen molar-refractivity contribution in [1.29, 1.82) is 0 Å². The van der Waals surface area contributed by atoms with Gasteiger partial charge in [0.25, 0.3) is 5.56 Å². The van der Waals surface area contributed by atoms with E-state index in [-0.39, 0.29) is 12.1 Å². The predicted molar refractivity (Wildman–Crippen MR) is 113 cm³/mol. The molecule has 0 saturated heterocycles. The number of nitrogens with one attached hydrogen (secondary N) is 1. The molecule has 0 fully saturated rings. The number of benzene rings is 2. The molecule has 0 aliphatic carbocycles. The van der Waals surface area contributed by atoms with Crippen LogP contribution in [0.25, 0.3) is 16.3 Å². The summed E-state index contributed by atoms with van der Waals surface area (Å²) in [5, 5.41) is 7.84. The lowest BCUT2D eigenvalue weighted by Gasteiger charge is -2.09. The van der Waals surface area contributed by atoms with Crippen molar-refractivity contribution in [2.45, 2.75) is 6.54 Å². The highest BCUT2D eigenvalue weighted by Crippen LogP contribution is 2.26. The predicted octanol–water partition coefficient (Wildman–Crippen LogP) is 2.82. The molecule has 0 atom stereocenters. The van der Waals surface area contributed by atoms with Gasteiger partial charge >= 0.3 is 0 Å². The summed E-state index contributed by atoms with van der Waals surface area (Å²) in [4.78, 5) is 16.4. The molecule has 3 aromatic rings. The molecule has 0 amide bonds.